The van der Waals surface area contributed by atoms with Crippen molar-refractivity contribution in [3.63, 3.8) is 0 Å². The van der Waals surface area contributed by atoms with Crippen molar-refractivity contribution in [3.8, 4) is 0 Å². The van der Waals surface area contributed by atoms with Crippen molar-refractivity contribution in [2.45, 2.75) is 24.8 Å². The molecule has 2 N–H and O–H groups in total. The van der Waals surface area contributed by atoms with Gasteiger partial charge in [0.2, 0.25) is 5.91 Å². The van der Waals surface area contributed by atoms with E-state index in [9.17, 15) is 4.79 Å². The maximum Gasteiger partial charge on any atom is 0.243 e. The molecule has 0 bridgehead atoms. The van der Waals surface area contributed by atoms with Gasteiger partial charge in [-0.1, -0.05) is 35.9 Å². The number of halogens is 1. The number of amides is 1. The number of carbonyl (C=O) groups excluding carboxylic acids is 1. The van der Waals surface area contributed by atoms with Gasteiger partial charge in [-0.3, -0.25) is 4.79 Å². The molecule has 1 aliphatic rings. The molecule has 1 aliphatic carbocycles. The Balaban J connectivity index is 1.66. The Morgan fingerprint density at radius 3 is 2.63 bits per heavy atom. The maximum absolute atomic E-state index is 11.9. The van der Waals surface area contributed by atoms with Gasteiger partial charge in [-0.15, -0.1) is 11.3 Å². The minimum atomic E-state index is -0.0283. The molecule has 0 spiro atoms. The molecule has 7 heteroatoms. The van der Waals surface area contributed by atoms with Crippen LogP contribution >= 0.6 is 22.9 Å². The molecule has 144 valence electrons. The van der Waals surface area contributed by atoms with Crippen molar-refractivity contribution in [1.82, 2.24) is 15.5 Å². The molecule has 1 amide bonds. The lowest BCUT2D eigenvalue weighted by molar-refractivity contribution is -0.127. The summed E-state index contributed by atoms with van der Waals surface area (Å²) in [7, 11) is 3.47. The third kappa shape index (κ3) is 5.23. The van der Waals surface area contributed by atoms with E-state index in [-0.39, 0.29) is 17.9 Å². The van der Waals surface area contributed by atoms with Crippen LogP contribution in [0, 0.1) is 0 Å². The Labute approximate surface area is 169 Å². The highest BCUT2D eigenvalue weighted by Gasteiger charge is 2.45. The zero-order valence-corrected chi connectivity index (χ0v) is 17.2. The van der Waals surface area contributed by atoms with Crippen LogP contribution in [-0.2, 0) is 16.8 Å². The highest BCUT2D eigenvalue weighted by Crippen LogP contribution is 2.49. The summed E-state index contributed by atoms with van der Waals surface area (Å²) < 4.78 is 0. The van der Waals surface area contributed by atoms with Gasteiger partial charge in [-0.05, 0) is 35.9 Å². The molecule has 1 saturated carbocycles. The first-order valence-electron chi connectivity index (χ1n) is 9.00. The van der Waals surface area contributed by atoms with E-state index < -0.39 is 0 Å². The minimum absolute atomic E-state index is 0.0283. The van der Waals surface area contributed by atoms with Crippen LogP contribution in [-0.4, -0.2) is 44.0 Å². The number of guanidine groups is 1. The molecule has 0 atom stereocenters. The van der Waals surface area contributed by atoms with Crippen molar-refractivity contribution in [2.75, 3.05) is 27.2 Å². The Morgan fingerprint density at radius 2 is 2.00 bits per heavy atom. The Hall–Kier alpha value is -2.05. The number of aliphatic imine (C=N–C) groups is 1. The van der Waals surface area contributed by atoms with Crippen molar-refractivity contribution in [2.24, 2.45) is 4.99 Å². The van der Waals surface area contributed by atoms with Gasteiger partial charge in [0.1, 0.15) is 6.54 Å². The number of hydrogen-bond donors (Lipinski definition) is 2. The van der Waals surface area contributed by atoms with E-state index in [1.54, 1.807) is 30.3 Å². The molecule has 0 aliphatic heterocycles. The van der Waals surface area contributed by atoms with Crippen molar-refractivity contribution >= 4 is 34.8 Å². The van der Waals surface area contributed by atoms with Crippen LogP contribution in [0.1, 0.15) is 23.3 Å². The highest BCUT2D eigenvalue weighted by molar-refractivity contribution is 7.09. The molecule has 0 unspecified atom stereocenters. The van der Waals surface area contributed by atoms with Crippen molar-refractivity contribution < 1.29 is 4.79 Å². The quantitative estimate of drug-likeness (QED) is 0.550. The second-order valence-electron chi connectivity index (χ2n) is 7.00. The molecule has 1 aromatic heterocycles. The van der Waals surface area contributed by atoms with Crippen LogP contribution in [0.15, 0.2) is 46.8 Å². The number of nitrogens with one attached hydrogen (secondary N) is 2. The molecule has 5 nitrogen and oxygen atoms in total. The molecule has 27 heavy (non-hydrogen) atoms. The second kappa shape index (κ2) is 8.76. The highest BCUT2D eigenvalue weighted by atomic mass is 35.5. The lowest BCUT2D eigenvalue weighted by Crippen LogP contribution is -2.41. The summed E-state index contributed by atoms with van der Waals surface area (Å²) in [6, 6.07) is 12.1. The molecule has 2 aromatic rings. The van der Waals surface area contributed by atoms with E-state index in [4.69, 9.17) is 11.6 Å². The standard InChI is InChI=1S/C20H25ClN4OS/c1-25(2)18(26)13-23-19(22-12-15-6-5-11-27-15)24-14-20(9-10-20)16-7-3-4-8-17(16)21/h3-8,11H,9-10,12-14H2,1-2H3,(H2,22,23,24). The summed E-state index contributed by atoms with van der Waals surface area (Å²) in [5, 5.41) is 9.61. The molecule has 1 heterocycles. The number of benzene rings is 1. The number of likely N-dealkylation sites (N-methyl/N-ethyl adjacent to an activating group) is 1. The first-order chi connectivity index (χ1) is 13.0. The Kier molecular flexibility index (Phi) is 6.39. The van der Waals surface area contributed by atoms with E-state index in [0.29, 0.717) is 12.5 Å². The lowest BCUT2D eigenvalue weighted by Gasteiger charge is -2.20. The van der Waals surface area contributed by atoms with Crippen LogP contribution in [0.5, 0.6) is 0 Å². The van der Waals surface area contributed by atoms with Crippen molar-refractivity contribution in [1.29, 1.82) is 0 Å². The zero-order valence-electron chi connectivity index (χ0n) is 15.7. The van der Waals surface area contributed by atoms with Gasteiger partial charge in [0, 0.05) is 36.0 Å². The largest absolute Gasteiger partial charge is 0.355 e. The van der Waals surface area contributed by atoms with Crippen LogP contribution in [0.2, 0.25) is 5.02 Å². The molecule has 1 aromatic carbocycles. The van der Waals surface area contributed by atoms with Gasteiger partial charge in [-0.2, -0.15) is 0 Å². The van der Waals surface area contributed by atoms with E-state index >= 15 is 0 Å². The van der Waals surface area contributed by atoms with E-state index in [0.717, 1.165) is 24.4 Å². The first kappa shape index (κ1) is 19.7. The first-order valence-corrected chi connectivity index (χ1v) is 10.3. The normalized spacial score (nSPS) is 15.3. The van der Waals surface area contributed by atoms with Gasteiger partial charge < -0.3 is 15.5 Å². The minimum Gasteiger partial charge on any atom is -0.355 e. The maximum atomic E-state index is 11.9. The number of nitrogens with zero attached hydrogens (tertiary/aromatic N) is 2. The second-order valence-corrected chi connectivity index (χ2v) is 8.44. The molecular formula is C20H25ClN4OS. The molecule has 3 rings (SSSR count). The number of hydrogen-bond acceptors (Lipinski definition) is 3. The van der Waals surface area contributed by atoms with Crippen LogP contribution < -0.4 is 10.6 Å². The van der Waals surface area contributed by atoms with Crippen LogP contribution in [0.25, 0.3) is 0 Å². The van der Waals surface area contributed by atoms with Gasteiger partial charge in [-0.25, -0.2) is 4.99 Å². The van der Waals surface area contributed by atoms with E-state index in [1.165, 1.54) is 10.4 Å². The monoisotopic (exact) mass is 404 g/mol. The number of carbonyl (C=O) groups is 1. The fourth-order valence-corrected chi connectivity index (χ4v) is 3.86. The molecule has 0 radical (unpaired) electrons. The molecular weight excluding hydrogens is 380 g/mol. The van der Waals surface area contributed by atoms with Gasteiger partial charge in [0.15, 0.2) is 5.96 Å². The van der Waals surface area contributed by atoms with E-state index in [1.807, 2.05) is 29.6 Å². The predicted molar refractivity (Wildman–Crippen MR) is 113 cm³/mol. The fourth-order valence-electron chi connectivity index (χ4n) is 2.88. The predicted octanol–water partition coefficient (Wildman–Crippen LogP) is 3.26. The molecule has 1 fully saturated rings. The smallest absolute Gasteiger partial charge is 0.243 e. The summed E-state index contributed by atoms with van der Waals surface area (Å²) in [4.78, 5) is 19.1. The fraction of sp³-hybridized carbons (Fsp3) is 0.400. The zero-order chi connectivity index (χ0) is 19.3. The van der Waals surface area contributed by atoms with Crippen LogP contribution in [0.4, 0.5) is 0 Å². The summed E-state index contributed by atoms with van der Waals surface area (Å²) in [6.45, 7) is 1.54. The third-order valence-electron chi connectivity index (χ3n) is 4.77. The average Bonchev–Trinajstić information content (AvgIpc) is 3.25. The van der Waals surface area contributed by atoms with E-state index in [2.05, 4.69) is 27.8 Å². The number of thiophene rings is 1. The summed E-state index contributed by atoms with van der Waals surface area (Å²) in [5.41, 5.74) is 1.23. The van der Waals surface area contributed by atoms with Crippen LogP contribution in [0.3, 0.4) is 0 Å². The Morgan fingerprint density at radius 1 is 1.22 bits per heavy atom. The lowest BCUT2D eigenvalue weighted by atomic mass is 9.96. The topological polar surface area (TPSA) is 56.7 Å². The Bertz CT molecular complexity index is 800. The summed E-state index contributed by atoms with van der Waals surface area (Å²) in [6.07, 6.45) is 2.19. The SMILES string of the molecule is CN(C)C(=O)CN=C(NCc1cccs1)NCC1(c2ccccc2Cl)CC1. The number of rotatable bonds is 7. The average molecular weight is 405 g/mol. The molecule has 0 saturated heterocycles. The van der Waals surface area contributed by atoms with Gasteiger partial charge in [0.05, 0.1) is 6.54 Å². The van der Waals surface area contributed by atoms with Gasteiger partial charge >= 0.3 is 0 Å². The summed E-state index contributed by atoms with van der Waals surface area (Å²) in [5.74, 6) is 0.622. The van der Waals surface area contributed by atoms with Crippen molar-refractivity contribution in [3.05, 3.63) is 57.2 Å². The third-order valence-corrected chi connectivity index (χ3v) is 5.98. The van der Waals surface area contributed by atoms with Gasteiger partial charge in [0.25, 0.3) is 0 Å². The summed E-state index contributed by atoms with van der Waals surface area (Å²) >= 11 is 8.10.